The predicted octanol–water partition coefficient (Wildman–Crippen LogP) is 13.0. The Labute approximate surface area is 270 Å². The average Bonchev–Trinajstić information content (AvgIpc) is 3.41. The smallest absolute Gasteiger partial charge is 0.00171 e. The van der Waals surface area contributed by atoms with Crippen LogP contribution in [0.15, 0.2) is 133 Å². The van der Waals surface area contributed by atoms with E-state index in [2.05, 4.69) is 161 Å². The first-order valence-electron chi connectivity index (χ1n) is 16.3. The van der Waals surface area contributed by atoms with Crippen LogP contribution in [0.4, 0.5) is 0 Å². The van der Waals surface area contributed by atoms with Gasteiger partial charge in [0, 0.05) is 0 Å². The quantitative estimate of drug-likeness (QED) is 0.181. The first kappa shape index (κ1) is 26.9. The molecule has 0 heterocycles. The molecule has 46 heavy (non-hydrogen) atoms. The summed E-state index contributed by atoms with van der Waals surface area (Å²) >= 11 is 0. The van der Waals surface area contributed by atoms with Gasteiger partial charge < -0.3 is 0 Å². The molecule has 0 N–H and O–H groups in total. The molecule has 0 unspecified atom stereocenters. The minimum absolute atomic E-state index is 1.23. The van der Waals surface area contributed by atoms with Crippen molar-refractivity contribution in [3.8, 4) is 55.6 Å². The van der Waals surface area contributed by atoms with Crippen LogP contribution < -0.4 is 0 Å². The molecule has 1 aliphatic carbocycles. The van der Waals surface area contributed by atoms with Gasteiger partial charge in [-0.3, -0.25) is 0 Å². The number of hydrogen-bond acceptors (Lipinski definition) is 0. The van der Waals surface area contributed by atoms with Crippen molar-refractivity contribution in [1.82, 2.24) is 0 Å². The summed E-state index contributed by atoms with van der Waals surface area (Å²) in [7, 11) is 0. The predicted molar refractivity (Wildman–Crippen MR) is 199 cm³/mol. The van der Waals surface area contributed by atoms with Crippen molar-refractivity contribution in [1.29, 1.82) is 0 Å². The van der Waals surface area contributed by atoms with Gasteiger partial charge in [0.05, 0.1) is 0 Å². The molecule has 0 atom stereocenters. The molecular formula is C46H34. The lowest BCUT2D eigenvalue weighted by atomic mass is 9.83. The Morgan fingerprint density at radius 2 is 0.935 bits per heavy atom. The number of aryl methyl sites for hydroxylation is 4. The molecule has 0 heteroatoms. The van der Waals surface area contributed by atoms with Crippen molar-refractivity contribution < 1.29 is 0 Å². The first-order valence-corrected chi connectivity index (χ1v) is 16.3. The van der Waals surface area contributed by atoms with E-state index in [4.69, 9.17) is 0 Å². The van der Waals surface area contributed by atoms with Crippen LogP contribution in [0.2, 0.25) is 0 Å². The fourth-order valence-electron chi connectivity index (χ4n) is 8.18. The third-order valence-corrected chi connectivity index (χ3v) is 10.1. The van der Waals surface area contributed by atoms with Crippen LogP contribution >= 0.6 is 0 Å². The molecule has 0 nitrogen and oxygen atoms in total. The number of benzene rings is 8. The molecule has 218 valence electrons. The van der Waals surface area contributed by atoms with Crippen LogP contribution in [0.25, 0.3) is 88.0 Å². The first-order chi connectivity index (χ1) is 22.5. The summed E-state index contributed by atoms with van der Waals surface area (Å²) in [6.07, 6.45) is 0. The molecule has 1 aliphatic rings. The molecular weight excluding hydrogens is 553 g/mol. The van der Waals surface area contributed by atoms with Gasteiger partial charge in [0.25, 0.3) is 0 Å². The highest BCUT2D eigenvalue weighted by molar-refractivity contribution is 6.29. The van der Waals surface area contributed by atoms with Crippen molar-refractivity contribution in [2.45, 2.75) is 27.7 Å². The second-order valence-electron chi connectivity index (χ2n) is 13.1. The maximum absolute atomic E-state index is 2.50. The van der Waals surface area contributed by atoms with E-state index in [9.17, 15) is 0 Å². The summed E-state index contributed by atoms with van der Waals surface area (Å²) in [5.41, 5.74) is 18.4. The summed E-state index contributed by atoms with van der Waals surface area (Å²) < 4.78 is 0. The largest absolute Gasteiger partial charge is 0.0622 e. The zero-order valence-electron chi connectivity index (χ0n) is 26.7. The van der Waals surface area contributed by atoms with Gasteiger partial charge in [0.1, 0.15) is 0 Å². The second kappa shape index (κ2) is 10.0. The summed E-state index contributed by atoms with van der Waals surface area (Å²) in [6, 6.07) is 50.0. The minimum atomic E-state index is 1.23. The Bertz CT molecular complexity index is 2470. The molecule has 0 aliphatic heterocycles. The van der Waals surface area contributed by atoms with Gasteiger partial charge in [-0.05, 0) is 139 Å². The summed E-state index contributed by atoms with van der Waals surface area (Å²) in [5.74, 6) is 0. The zero-order chi connectivity index (χ0) is 31.1. The topological polar surface area (TPSA) is 0 Å². The molecule has 0 aromatic heterocycles. The van der Waals surface area contributed by atoms with Gasteiger partial charge in [-0.2, -0.15) is 0 Å². The van der Waals surface area contributed by atoms with E-state index < -0.39 is 0 Å². The SMILES string of the molecule is Cc1cc(C)c2c(c1)-c1cc3c4ccc(C)cc4c(-c4c(-c5ccccc5)cccc4-c4ccccc4)cc3c3ccc(C)c-2c13. The molecule has 0 radical (unpaired) electrons. The lowest BCUT2D eigenvalue weighted by molar-refractivity contribution is 1.38. The highest BCUT2D eigenvalue weighted by atomic mass is 14.3. The molecule has 0 fully saturated rings. The van der Waals surface area contributed by atoms with Crippen molar-refractivity contribution in [2.24, 2.45) is 0 Å². The molecule has 0 amide bonds. The molecule has 9 rings (SSSR count). The Kier molecular flexibility index (Phi) is 5.86. The monoisotopic (exact) mass is 586 g/mol. The summed E-state index contributed by atoms with van der Waals surface area (Å²) in [6.45, 7) is 8.98. The lowest BCUT2D eigenvalue weighted by Gasteiger charge is -2.20. The van der Waals surface area contributed by atoms with Crippen molar-refractivity contribution in [3.05, 3.63) is 156 Å². The van der Waals surface area contributed by atoms with Gasteiger partial charge in [0.15, 0.2) is 0 Å². The maximum Gasteiger partial charge on any atom is -0.00171 e. The third-order valence-electron chi connectivity index (χ3n) is 10.1. The molecule has 0 saturated carbocycles. The van der Waals surface area contributed by atoms with Gasteiger partial charge in [-0.15, -0.1) is 0 Å². The minimum Gasteiger partial charge on any atom is -0.0622 e. The lowest BCUT2D eigenvalue weighted by Crippen LogP contribution is -1.94. The van der Waals surface area contributed by atoms with Gasteiger partial charge >= 0.3 is 0 Å². The third kappa shape index (κ3) is 3.87. The van der Waals surface area contributed by atoms with Crippen molar-refractivity contribution >= 4 is 32.3 Å². The van der Waals surface area contributed by atoms with Crippen LogP contribution in [0.5, 0.6) is 0 Å². The van der Waals surface area contributed by atoms with Crippen molar-refractivity contribution in [3.63, 3.8) is 0 Å². The highest BCUT2D eigenvalue weighted by Crippen LogP contribution is 2.54. The van der Waals surface area contributed by atoms with Crippen LogP contribution in [-0.4, -0.2) is 0 Å². The Balaban J connectivity index is 1.48. The normalized spacial score (nSPS) is 11.9. The highest BCUT2D eigenvalue weighted by Gasteiger charge is 2.27. The maximum atomic E-state index is 2.50. The average molecular weight is 587 g/mol. The summed E-state index contributed by atoms with van der Waals surface area (Å²) in [4.78, 5) is 0. The van der Waals surface area contributed by atoms with E-state index in [0.717, 1.165) is 0 Å². The standard InChI is InChI=1S/C46H34/c1-27-18-20-35-37(23-27)41(45-33(31-12-7-5-8-13-31)16-11-17-34(45)32-14-9-6-10-15-32)26-39-36-21-19-29(3)44-43-30(4)22-28(2)24-40(43)42(46(36)44)25-38(35)39/h5-26H,1-4H3. The Morgan fingerprint density at radius 1 is 0.304 bits per heavy atom. The van der Waals surface area contributed by atoms with E-state index in [1.165, 1.54) is 110 Å². The van der Waals surface area contributed by atoms with Gasteiger partial charge in [0.2, 0.25) is 0 Å². The van der Waals surface area contributed by atoms with Crippen LogP contribution in [0.3, 0.4) is 0 Å². The number of hydrogen-bond donors (Lipinski definition) is 0. The van der Waals surface area contributed by atoms with Crippen molar-refractivity contribution in [2.75, 3.05) is 0 Å². The van der Waals surface area contributed by atoms with E-state index >= 15 is 0 Å². The fraction of sp³-hybridized carbons (Fsp3) is 0.0870. The molecule has 8 aromatic carbocycles. The molecule has 0 bridgehead atoms. The Morgan fingerprint density at radius 3 is 1.63 bits per heavy atom. The van der Waals surface area contributed by atoms with Gasteiger partial charge in [-0.1, -0.05) is 132 Å². The molecule has 0 spiro atoms. The van der Waals surface area contributed by atoms with Crippen LogP contribution in [0, 0.1) is 27.7 Å². The number of fused-ring (bicyclic) bond motifs is 7. The van der Waals surface area contributed by atoms with Crippen LogP contribution in [0.1, 0.15) is 22.3 Å². The second-order valence-corrected chi connectivity index (χ2v) is 13.1. The number of rotatable bonds is 3. The van der Waals surface area contributed by atoms with Crippen LogP contribution in [-0.2, 0) is 0 Å². The zero-order valence-corrected chi connectivity index (χ0v) is 26.7. The fourth-order valence-corrected chi connectivity index (χ4v) is 8.18. The molecule has 0 saturated heterocycles. The van der Waals surface area contributed by atoms with E-state index in [0.29, 0.717) is 0 Å². The Hall–Kier alpha value is -5.46. The van der Waals surface area contributed by atoms with E-state index in [-0.39, 0.29) is 0 Å². The molecule has 8 aromatic rings. The summed E-state index contributed by atoms with van der Waals surface area (Å²) in [5, 5.41) is 7.97. The van der Waals surface area contributed by atoms with E-state index in [1.54, 1.807) is 0 Å². The van der Waals surface area contributed by atoms with Gasteiger partial charge in [-0.25, -0.2) is 0 Å². The van der Waals surface area contributed by atoms with E-state index in [1.807, 2.05) is 0 Å².